The number of carbonyl (C=O) groups excluding carboxylic acids is 1. The van der Waals surface area contributed by atoms with Gasteiger partial charge < -0.3 is 10.6 Å². The standard InChI is InChI=1S/C21H21N3O/c1-14-5-4-6-17(12-14)24-21(25)20-10-8-18(13-22-20)23-19-9-7-15(2)11-16(19)3/h4-13,23H,1-3H3,(H,24,25). The lowest BCUT2D eigenvalue weighted by Gasteiger charge is -2.11. The predicted octanol–water partition coefficient (Wildman–Crippen LogP) is 5.00. The lowest BCUT2D eigenvalue weighted by Crippen LogP contribution is -2.13. The molecule has 25 heavy (non-hydrogen) atoms. The summed E-state index contributed by atoms with van der Waals surface area (Å²) in [5, 5.41) is 6.19. The first-order valence-electron chi connectivity index (χ1n) is 8.19. The number of aryl methyl sites for hydroxylation is 3. The minimum absolute atomic E-state index is 0.219. The molecule has 2 aromatic carbocycles. The van der Waals surface area contributed by atoms with Crippen molar-refractivity contribution in [3.8, 4) is 0 Å². The monoisotopic (exact) mass is 331 g/mol. The highest BCUT2D eigenvalue weighted by atomic mass is 16.1. The Morgan fingerprint density at radius 2 is 1.68 bits per heavy atom. The van der Waals surface area contributed by atoms with Crippen molar-refractivity contribution in [3.05, 3.63) is 83.2 Å². The van der Waals surface area contributed by atoms with Crippen molar-refractivity contribution < 1.29 is 4.79 Å². The second-order valence-electron chi connectivity index (χ2n) is 6.20. The van der Waals surface area contributed by atoms with Gasteiger partial charge in [-0.1, -0.05) is 29.8 Å². The number of hydrogen-bond donors (Lipinski definition) is 2. The molecule has 0 radical (unpaired) electrons. The third-order valence-electron chi connectivity index (χ3n) is 3.93. The van der Waals surface area contributed by atoms with E-state index in [9.17, 15) is 4.79 Å². The molecule has 0 saturated heterocycles. The van der Waals surface area contributed by atoms with E-state index in [1.165, 1.54) is 11.1 Å². The third kappa shape index (κ3) is 4.23. The van der Waals surface area contributed by atoms with Gasteiger partial charge in [-0.3, -0.25) is 4.79 Å². The Labute approximate surface area is 147 Å². The molecule has 0 saturated carbocycles. The third-order valence-corrected chi connectivity index (χ3v) is 3.93. The van der Waals surface area contributed by atoms with Gasteiger partial charge in [-0.15, -0.1) is 0 Å². The van der Waals surface area contributed by atoms with Gasteiger partial charge in [0.1, 0.15) is 5.69 Å². The van der Waals surface area contributed by atoms with Crippen LogP contribution in [0.5, 0.6) is 0 Å². The predicted molar refractivity (Wildman–Crippen MR) is 103 cm³/mol. The van der Waals surface area contributed by atoms with E-state index >= 15 is 0 Å². The zero-order valence-corrected chi connectivity index (χ0v) is 14.6. The number of anilines is 3. The van der Waals surface area contributed by atoms with Gasteiger partial charge in [0.05, 0.1) is 11.9 Å². The molecule has 2 N–H and O–H groups in total. The molecular formula is C21H21N3O. The molecular weight excluding hydrogens is 310 g/mol. The molecule has 4 heteroatoms. The van der Waals surface area contributed by atoms with Crippen LogP contribution in [0.25, 0.3) is 0 Å². The Bertz CT molecular complexity index is 901. The highest BCUT2D eigenvalue weighted by molar-refractivity contribution is 6.03. The lowest BCUT2D eigenvalue weighted by atomic mass is 10.1. The normalized spacial score (nSPS) is 10.4. The van der Waals surface area contributed by atoms with E-state index in [4.69, 9.17) is 0 Å². The van der Waals surface area contributed by atoms with E-state index < -0.39 is 0 Å². The molecule has 1 heterocycles. The fraction of sp³-hybridized carbons (Fsp3) is 0.143. The molecule has 0 fully saturated rings. The van der Waals surface area contributed by atoms with E-state index in [-0.39, 0.29) is 5.91 Å². The first-order valence-corrected chi connectivity index (χ1v) is 8.19. The fourth-order valence-corrected chi connectivity index (χ4v) is 2.63. The van der Waals surface area contributed by atoms with Crippen molar-refractivity contribution in [2.75, 3.05) is 10.6 Å². The molecule has 0 aliphatic rings. The highest BCUT2D eigenvalue weighted by Crippen LogP contribution is 2.21. The molecule has 0 unspecified atom stereocenters. The van der Waals surface area contributed by atoms with Gasteiger partial charge in [-0.05, 0) is 62.2 Å². The van der Waals surface area contributed by atoms with Gasteiger partial charge in [0.2, 0.25) is 0 Å². The molecule has 0 bridgehead atoms. The van der Waals surface area contributed by atoms with Crippen LogP contribution >= 0.6 is 0 Å². The van der Waals surface area contributed by atoms with Crippen LogP contribution in [0.3, 0.4) is 0 Å². The highest BCUT2D eigenvalue weighted by Gasteiger charge is 2.08. The van der Waals surface area contributed by atoms with Gasteiger partial charge in [0.25, 0.3) is 5.91 Å². The zero-order valence-electron chi connectivity index (χ0n) is 14.6. The summed E-state index contributed by atoms with van der Waals surface area (Å²) in [7, 11) is 0. The van der Waals surface area contributed by atoms with Crippen molar-refractivity contribution in [1.29, 1.82) is 0 Å². The smallest absolute Gasteiger partial charge is 0.274 e. The molecule has 126 valence electrons. The second kappa shape index (κ2) is 7.18. The first-order chi connectivity index (χ1) is 12.0. The van der Waals surface area contributed by atoms with Gasteiger partial charge in [-0.25, -0.2) is 4.98 Å². The number of nitrogens with zero attached hydrogens (tertiary/aromatic N) is 1. The van der Waals surface area contributed by atoms with Crippen LogP contribution in [0.1, 0.15) is 27.2 Å². The summed E-state index contributed by atoms with van der Waals surface area (Å²) in [6.07, 6.45) is 1.67. The van der Waals surface area contributed by atoms with E-state index in [0.717, 1.165) is 22.6 Å². The lowest BCUT2D eigenvalue weighted by molar-refractivity contribution is 0.102. The van der Waals surface area contributed by atoms with Crippen LogP contribution in [0.2, 0.25) is 0 Å². The number of pyridine rings is 1. The van der Waals surface area contributed by atoms with Crippen LogP contribution in [0, 0.1) is 20.8 Å². The van der Waals surface area contributed by atoms with Crippen molar-refractivity contribution in [2.24, 2.45) is 0 Å². The van der Waals surface area contributed by atoms with E-state index in [0.29, 0.717) is 5.69 Å². The molecule has 0 spiro atoms. The number of hydrogen-bond acceptors (Lipinski definition) is 3. The number of amides is 1. The van der Waals surface area contributed by atoms with Crippen LogP contribution in [0.4, 0.5) is 17.1 Å². The molecule has 4 nitrogen and oxygen atoms in total. The molecule has 0 atom stereocenters. The van der Waals surface area contributed by atoms with Crippen molar-refractivity contribution in [1.82, 2.24) is 4.98 Å². The summed E-state index contributed by atoms with van der Waals surface area (Å²) in [5.41, 5.74) is 6.52. The van der Waals surface area contributed by atoms with E-state index in [1.54, 1.807) is 12.3 Å². The minimum Gasteiger partial charge on any atom is -0.354 e. The summed E-state index contributed by atoms with van der Waals surface area (Å²) >= 11 is 0. The largest absolute Gasteiger partial charge is 0.354 e. The SMILES string of the molecule is Cc1cccc(NC(=O)c2ccc(Nc3ccc(C)cc3C)cn2)c1. The average molecular weight is 331 g/mol. The zero-order chi connectivity index (χ0) is 17.8. The van der Waals surface area contributed by atoms with Crippen LogP contribution in [0.15, 0.2) is 60.8 Å². The molecule has 1 amide bonds. The van der Waals surface area contributed by atoms with Gasteiger partial charge in [0.15, 0.2) is 0 Å². The van der Waals surface area contributed by atoms with Crippen LogP contribution in [-0.4, -0.2) is 10.9 Å². The van der Waals surface area contributed by atoms with Crippen LogP contribution in [-0.2, 0) is 0 Å². The maximum atomic E-state index is 12.3. The van der Waals surface area contributed by atoms with Gasteiger partial charge in [-0.2, -0.15) is 0 Å². The summed E-state index contributed by atoms with van der Waals surface area (Å²) < 4.78 is 0. The molecule has 1 aromatic heterocycles. The number of benzene rings is 2. The molecule has 3 rings (SSSR count). The quantitative estimate of drug-likeness (QED) is 0.707. The summed E-state index contributed by atoms with van der Waals surface area (Å²) in [4.78, 5) is 16.6. The summed E-state index contributed by atoms with van der Waals surface area (Å²) in [6, 6.07) is 17.5. The van der Waals surface area contributed by atoms with E-state index in [2.05, 4.69) is 41.6 Å². The van der Waals surface area contributed by atoms with Crippen LogP contribution < -0.4 is 10.6 Å². The summed E-state index contributed by atoms with van der Waals surface area (Å²) in [6.45, 7) is 6.12. The van der Waals surface area contributed by atoms with E-state index in [1.807, 2.05) is 43.3 Å². The topological polar surface area (TPSA) is 54.0 Å². The molecule has 0 aliphatic carbocycles. The Morgan fingerprint density at radius 3 is 2.36 bits per heavy atom. The fourth-order valence-electron chi connectivity index (χ4n) is 2.63. The number of rotatable bonds is 4. The average Bonchev–Trinajstić information content (AvgIpc) is 2.58. The number of nitrogens with one attached hydrogen (secondary N) is 2. The number of aromatic nitrogens is 1. The summed E-state index contributed by atoms with van der Waals surface area (Å²) in [5.74, 6) is -0.219. The minimum atomic E-state index is -0.219. The maximum absolute atomic E-state index is 12.3. The maximum Gasteiger partial charge on any atom is 0.274 e. The van der Waals surface area contributed by atoms with Crippen molar-refractivity contribution >= 4 is 23.0 Å². The van der Waals surface area contributed by atoms with Crippen molar-refractivity contribution in [2.45, 2.75) is 20.8 Å². The molecule has 0 aliphatic heterocycles. The second-order valence-corrected chi connectivity index (χ2v) is 6.20. The Kier molecular flexibility index (Phi) is 4.80. The van der Waals surface area contributed by atoms with Crippen molar-refractivity contribution in [3.63, 3.8) is 0 Å². The molecule has 3 aromatic rings. The Balaban J connectivity index is 1.70. The van der Waals surface area contributed by atoms with Gasteiger partial charge >= 0.3 is 0 Å². The Hall–Kier alpha value is -3.14. The first kappa shape index (κ1) is 16.7. The number of carbonyl (C=O) groups is 1. The van der Waals surface area contributed by atoms with Gasteiger partial charge in [0, 0.05) is 11.4 Å². The Morgan fingerprint density at radius 1 is 0.880 bits per heavy atom.